The molecule has 0 rings (SSSR count). The molecule has 0 radical (unpaired) electrons. The van der Waals surface area contributed by atoms with Crippen LogP contribution in [0.1, 0.15) is 310 Å². The van der Waals surface area contributed by atoms with E-state index in [0.717, 1.165) is 148 Å². The van der Waals surface area contributed by atoms with Crippen LogP contribution in [-0.4, -0.2) is 96.7 Å². The number of aliphatic hydroxyl groups excluding tert-OH is 1. The number of phosphoric acid groups is 2. The van der Waals surface area contributed by atoms with Crippen molar-refractivity contribution in [3.05, 3.63) is 134 Å². The molecule has 17 nitrogen and oxygen atoms in total. The molecule has 0 fully saturated rings. The molecular formula is C83H140O17P2. The molecule has 0 aliphatic heterocycles. The lowest BCUT2D eigenvalue weighted by atomic mass is 10.0. The van der Waals surface area contributed by atoms with E-state index in [1.54, 1.807) is 6.08 Å². The summed E-state index contributed by atoms with van der Waals surface area (Å²) in [6.07, 6.45) is 83.2. The van der Waals surface area contributed by atoms with Gasteiger partial charge in [0.05, 0.1) is 32.8 Å². The minimum atomic E-state index is -5.00. The number of hydrogen-bond acceptors (Lipinski definition) is 15. The minimum Gasteiger partial charge on any atom is -0.462 e. The predicted molar refractivity (Wildman–Crippen MR) is 418 cm³/mol. The Kier molecular flexibility index (Phi) is 71.0. The number of hydrogen-bond donors (Lipinski definition) is 3. The third-order valence-corrected chi connectivity index (χ3v) is 18.0. The van der Waals surface area contributed by atoms with Crippen LogP contribution in [0.15, 0.2) is 134 Å². The van der Waals surface area contributed by atoms with E-state index in [2.05, 4.69) is 137 Å². The summed E-state index contributed by atoms with van der Waals surface area (Å²) in [5.74, 6) is -2.36. The van der Waals surface area contributed by atoms with E-state index in [1.807, 2.05) is 18.2 Å². The van der Waals surface area contributed by atoms with Gasteiger partial charge in [-0.15, -0.1) is 0 Å². The van der Waals surface area contributed by atoms with Gasteiger partial charge in [-0.05, 0) is 122 Å². The van der Waals surface area contributed by atoms with Crippen LogP contribution in [0.3, 0.4) is 0 Å². The molecule has 0 saturated heterocycles. The molecule has 0 spiro atoms. The highest BCUT2D eigenvalue weighted by Gasteiger charge is 2.30. The highest BCUT2D eigenvalue weighted by atomic mass is 31.2. The number of allylic oxidation sites excluding steroid dienone is 21. The summed E-state index contributed by atoms with van der Waals surface area (Å²) in [6.45, 7) is 4.48. The van der Waals surface area contributed by atoms with Gasteiger partial charge in [-0.3, -0.25) is 37.3 Å². The summed E-state index contributed by atoms with van der Waals surface area (Å²) < 4.78 is 68.4. The third kappa shape index (κ3) is 73.5. The Morgan fingerprint density at radius 3 is 0.892 bits per heavy atom. The second kappa shape index (κ2) is 74.5. The molecule has 0 bridgehead atoms. The van der Waals surface area contributed by atoms with E-state index in [-0.39, 0.29) is 25.7 Å². The van der Waals surface area contributed by atoms with Gasteiger partial charge in [-0.25, -0.2) is 9.13 Å². The zero-order valence-electron chi connectivity index (χ0n) is 63.7. The number of phosphoric ester groups is 2. The fourth-order valence-electron chi connectivity index (χ4n) is 10.2. The van der Waals surface area contributed by atoms with Gasteiger partial charge in [-0.2, -0.15) is 0 Å². The maximum Gasteiger partial charge on any atom is 0.472 e. The first-order valence-electron chi connectivity index (χ1n) is 39.4. The van der Waals surface area contributed by atoms with Crippen molar-refractivity contribution in [3.8, 4) is 0 Å². The van der Waals surface area contributed by atoms with E-state index in [9.17, 15) is 43.2 Å². The van der Waals surface area contributed by atoms with Crippen molar-refractivity contribution in [1.82, 2.24) is 0 Å². The number of ether oxygens (including phenoxy) is 4. The van der Waals surface area contributed by atoms with Crippen molar-refractivity contribution in [2.45, 2.75) is 329 Å². The molecule has 0 aromatic heterocycles. The summed E-state index contributed by atoms with van der Waals surface area (Å²) >= 11 is 0. The van der Waals surface area contributed by atoms with Crippen LogP contribution in [0.25, 0.3) is 0 Å². The monoisotopic (exact) mass is 1470 g/mol. The summed E-state index contributed by atoms with van der Waals surface area (Å²) in [5.41, 5.74) is 0. The van der Waals surface area contributed by atoms with Gasteiger partial charge in [0.1, 0.15) is 19.3 Å². The Morgan fingerprint density at radius 1 is 0.294 bits per heavy atom. The maximum atomic E-state index is 13.1. The summed E-state index contributed by atoms with van der Waals surface area (Å²) in [4.78, 5) is 72.9. The summed E-state index contributed by atoms with van der Waals surface area (Å²) in [6, 6.07) is 0. The van der Waals surface area contributed by atoms with Crippen LogP contribution >= 0.6 is 15.6 Å². The van der Waals surface area contributed by atoms with Gasteiger partial charge < -0.3 is 33.8 Å². The van der Waals surface area contributed by atoms with Gasteiger partial charge in [0.2, 0.25) is 0 Å². The predicted octanol–water partition coefficient (Wildman–Crippen LogP) is 22.9. The first-order chi connectivity index (χ1) is 49.7. The first kappa shape index (κ1) is 97.2. The number of esters is 4. The number of unbranched alkanes of at least 4 members (excludes halogenated alkanes) is 26. The minimum absolute atomic E-state index is 0.0685. The average molecular weight is 1470 g/mol. The summed E-state index contributed by atoms with van der Waals surface area (Å²) in [5, 5.41) is 10.6. The molecule has 0 heterocycles. The zero-order chi connectivity index (χ0) is 74.6. The van der Waals surface area contributed by atoms with Gasteiger partial charge in [0.15, 0.2) is 12.2 Å². The smallest absolute Gasteiger partial charge is 0.462 e. The van der Waals surface area contributed by atoms with Crippen molar-refractivity contribution in [1.29, 1.82) is 0 Å². The molecule has 0 amide bonds. The van der Waals surface area contributed by atoms with Gasteiger partial charge in [0, 0.05) is 19.3 Å². The number of aliphatic hydroxyl groups is 1. The van der Waals surface area contributed by atoms with Gasteiger partial charge in [-0.1, -0.05) is 296 Å². The van der Waals surface area contributed by atoms with E-state index in [0.29, 0.717) is 25.7 Å². The lowest BCUT2D eigenvalue weighted by molar-refractivity contribution is -0.161. The Hall–Kier alpha value is -4.80. The van der Waals surface area contributed by atoms with Crippen LogP contribution in [0, 0.1) is 0 Å². The first-order valence-corrected chi connectivity index (χ1v) is 42.4. The molecule has 0 aromatic carbocycles. The molecule has 0 aliphatic carbocycles. The van der Waals surface area contributed by atoms with Crippen molar-refractivity contribution in [2.75, 3.05) is 39.6 Å². The largest absolute Gasteiger partial charge is 0.472 e. The SMILES string of the molecule is CC/C=C\C/C=C\C/C=C\C/C=C\C/C=C\CC(=O)OCC(COP(=O)(O)OCC(O)COP(=O)(O)OCC(COC(=O)CCCCCC/C=C\C/C=C\C/C=C\C/C=C\CC)OC(=O)CCCCCCC/C=C\C/C=C\CCCCC)OC(=O)CCCCCCCCCCCCCCCCC. The molecule has 5 unspecified atom stereocenters. The van der Waals surface area contributed by atoms with Crippen LogP contribution < -0.4 is 0 Å². The van der Waals surface area contributed by atoms with Gasteiger partial charge in [0.25, 0.3) is 0 Å². The fourth-order valence-corrected chi connectivity index (χ4v) is 11.8. The maximum absolute atomic E-state index is 13.1. The van der Waals surface area contributed by atoms with E-state index in [4.69, 9.17) is 37.0 Å². The lowest BCUT2D eigenvalue weighted by Gasteiger charge is -2.21. The van der Waals surface area contributed by atoms with Crippen molar-refractivity contribution in [3.63, 3.8) is 0 Å². The molecule has 0 aliphatic rings. The second-order valence-electron chi connectivity index (χ2n) is 25.9. The molecule has 0 aromatic rings. The Morgan fingerprint density at radius 2 is 0.549 bits per heavy atom. The van der Waals surface area contributed by atoms with Crippen LogP contribution in [0.2, 0.25) is 0 Å². The Labute approximate surface area is 618 Å². The highest BCUT2D eigenvalue weighted by molar-refractivity contribution is 7.47. The third-order valence-electron chi connectivity index (χ3n) is 16.1. The topological polar surface area (TPSA) is 237 Å². The quantitative estimate of drug-likeness (QED) is 0.0169. The lowest BCUT2D eigenvalue weighted by Crippen LogP contribution is -2.30. The van der Waals surface area contributed by atoms with Crippen LogP contribution in [-0.2, 0) is 65.4 Å². The number of rotatable bonds is 73. The molecule has 584 valence electrons. The fraction of sp³-hybridized carbons (Fsp3) is 0.687. The molecular weight excluding hydrogens is 1330 g/mol. The molecule has 19 heteroatoms. The van der Waals surface area contributed by atoms with Gasteiger partial charge >= 0.3 is 39.5 Å². The Balaban J connectivity index is 5.45. The molecule has 0 saturated carbocycles. The normalized spacial score (nSPS) is 14.6. The average Bonchev–Trinajstić information content (AvgIpc) is 0.926. The van der Waals surface area contributed by atoms with Crippen LogP contribution in [0.5, 0.6) is 0 Å². The zero-order valence-corrected chi connectivity index (χ0v) is 65.5. The highest BCUT2D eigenvalue weighted by Crippen LogP contribution is 2.45. The Bertz CT molecular complexity index is 2460. The molecule has 3 N–H and O–H groups in total. The second-order valence-corrected chi connectivity index (χ2v) is 28.8. The van der Waals surface area contributed by atoms with E-state index in [1.165, 1.54) is 83.5 Å². The van der Waals surface area contributed by atoms with Crippen LogP contribution in [0.4, 0.5) is 0 Å². The van der Waals surface area contributed by atoms with Crippen molar-refractivity contribution >= 4 is 39.5 Å². The standard InChI is InChI=1S/C83H140O17P2/c1-5-9-13-17-21-25-29-33-37-38-42-44-48-52-56-60-64-68-81(86)94-74-79(100-83(88)70-66-62-58-54-50-46-41-36-32-28-24-20-16-12-8-4)76-98-102(91,92)96-72-77(84)71-95-101(89,90)97-75-78(99-82(87)69-65-61-57-53-49-45-40-35-31-27-23-19-15-11-7-3)73-93-80(85)67-63-59-55-51-47-43-39-34-30-26-22-18-14-10-6-2/h9-10,13-14,21-22,24-26,28,33-34,36-37,39,41-42,44,47,51,59,63,77-79,84H,5-8,11-12,15-20,23,27,29-32,35,38,40,43,45-46,48-50,52-58,60-62,64-76H2,1-4H3,(H,89,90)(H,91,92)/b13-9-,14-10-,25-21-,26-22-,28-24-,37-33-,39-34-,41-36-,44-42-,51-47-,63-59-. The number of carbonyl (C=O) groups is 4. The molecule has 102 heavy (non-hydrogen) atoms. The van der Waals surface area contributed by atoms with Crippen molar-refractivity contribution < 1.29 is 80.2 Å². The number of carbonyl (C=O) groups excluding carboxylic acids is 4. The van der Waals surface area contributed by atoms with E-state index >= 15 is 0 Å². The van der Waals surface area contributed by atoms with Crippen molar-refractivity contribution in [2.24, 2.45) is 0 Å². The molecule has 5 atom stereocenters. The summed E-state index contributed by atoms with van der Waals surface area (Å²) in [7, 11) is -9.99. The van der Waals surface area contributed by atoms with E-state index < -0.39 is 97.5 Å².